The van der Waals surface area contributed by atoms with E-state index >= 15 is 0 Å². The molecule has 1 aliphatic carbocycles. The van der Waals surface area contributed by atoms with Gasteiger partial charge in [0.15, 0.2) is 0 Å². The fourth-order valence-corrected chi connectivity index (χ4v) is 1.49. The molecule has 0 aromatic heterocycles. The van der Waals surface area contributed by atoms with Crippen molar-refractivity contribution in [2.75, 3.05) is 0 Å². The lowest BCUT2D eigenvalue weighted by molar-refractivity contribution is 0.00181. The van der Waals surface area contributed by atoms with Crippen LogP contribution in [0.2, 0.25) is 0 Å². The van der Waals surface area contributed by atoms with Gasteiger partial charge in [0.05, 0.1) is 0 Å². The summed E-state index contributed by atoms with van der Waals surface area (Å²) < 4.78 is 24.6. The molecule has 0 heterocycles. The van der Waals surface area contributed by atoms with E-state index in [0.29, 0.717) is 6.42 Å². The van der Waals surface area contributed by atoms with Gasteiger partial charge in [-0.2, -0.15) is 0 Å². The van der Waals surface area contributed by atoms with E-state index in [1.807, 2.05) is 0 Å². The van der Waals surface area contributed by atoms with E-state index in [1.165, 1.54) is 0 Å². The Kier molecular flexibility index (Phi) is 1.95. The minimum atomic E-state index is -2.26. The minimum absolute atomic E-state index is 0.299. The van der Waals surface area contributed by atoms with Gasteiger partial charge in [-0.25, -0.2) is 8.78 Å². The Bertz CT molecular complexity index is 127. The first-order valence-electron chi connectivity index (χ1n) is 3.61. The number of rotatable bonds is 1. The highest BCUT2D eigenvalue weighted by Crippen LogP contribution is 2.41. The first-order valence-corrected chi connectivity index (χ1v) is 3.61. The van der Waals surface area contributed by atoms with Gasteiger partial charge in [-0.1, -0.05) is 13.3 Å². The van der Waals surface area contributed by atoms with E-state index in [2.05, 4.69) is 0 Å². The first kappa shape index (κ1) is 7.92. The Morgan fingerprint density at radius 1 is 1.60 bits per heavy atom. The predicted molar refractivity (Wildman–Crippen MR) is 35.9 cm³/mol. The first-order chi connectivity index (χ1) is 4.57. The SMILES string of the molecule is CC1(C(F)F)CCCC1N. The molecule has 1 aliphatic rings. The van der Waals surface area contributed by atoms with Crippen molar-refractivity contribution < 1.29 is 8.78 Å². The van der Waals surface area contributed by atoms with Crippen molar-refractivity contribution in [1.82, 2.24) is 0 Å². The Morgan fingerprint density at radius 3 is 2.40 bits per heavy atom. The van der Waals surface area contributed by atoms with Crippen LogP contribution in [-0.2, 0) is 0 Å². The second kappa shape index (κ2) is 2.46. The average Bonchev–Trinajstić information content (AvgIpc) is 2.15. The van der Waals surface area contributed by atoms with Crippen LogP contribution in [0.15, 0.2) is 0 Å². The van der Waals surface area contributed by atoms with Crippen molar-refractivity contribution >= 4 is 0 Å². The lowest BCUT2D eigenvalue weighted by Gasteiger charge is -2.27. The molecule has 2 atom stereocenters. The van der Waals surface area contributed by atoms with Crippen molar-refractivity contribution in [2.45, 2.75) is 38.7 Å². The smallest absolute Gasteiger partial charge is 0.245 e. The summed E-state index contributed by atoms with van der Waals surface area (Å²) in [6.45, 7) is 1.58. The standard InChI is InChI=1S/C7H13F2N/c1-7(6(8)9)4-2-3-5(7)10/h5-6H,2-4,10H2,1H3. The quantitative estimate of drug-likeness (QED) is 0.604. The highest BCUT2D eigenvalue weighted by Gasteiger charge is 2.43. The third-order valence-corrected chi connectivity index (χ3v) is 2.58. The number of hydrogen-bond acceptors (Lipinski definition) is 1. The van der Waals surface area contributed by atoms with Gasteiger partial charge in [0.25, 0.3) is 0 Å². The van der Waals surface area contributed by atoms with Crippen molar-refractivity contribution in [3.05, 3.63) is 0 Å². The third kappa shape index (κ3) is 1.03. The van der Waals surface area contributed by atoms with Crippen molar-refractivity contribution in [3.63, 3.8) is 0 Å². The monoisotopic (exact) mass is 149 g/mol. The molecule has 1 nitrogen and oxygen atoms in total. The van der Waals surface area contributed by atoms with Gasteiger partial charge in [-0.05, 0) is 12.8 Å². The summed E-state index contributed by atoms with van der Waals surface area (Å²) in [5, 5.41) is 0. The molecule has 2 unspecified atom stereocenters. The van der Waals surface area contributed by atoms with Gasteiger partial charge in [-0.3, -0.25) is 0 Å². The average molecular weight is 149 g/mol. The van der Waals surface area contributed by atoms with Crippen LogP contribution in [-0.4, -0.2) is 12.5 Å². The summed E-state index contributed by atoms with van der Waals surface area (Å²) in [5.41, 5.74) is 4.63. The molecular weight excluding hydrogens is 136 g/mol. The summed E-state index contributed by atoms with van der Waals surface area (Å²) in [6, 6.07) is -0.299. The fourth-order valence-electron chi connectivity index (χ4n) is 1.49. The molecule has 0 radical (unpaired) electrons. The van der Waals surface area contributed by atoms with E-state index in [4.69, 9.17) is 5.73 Å². The van der Waals surface area contributed by atoms with Crippen molar-refractivity contribution in [3.8, 4) is 0 Å². The van der Waals surface area contributed by atoms with Crippen LogP contribution < -0.4 is 5.73 Å². The second-order valence-corrected chi connectivity index (χ2v) is 3.31. The Hall–Kier alpha value is -0.180. The highest BCUT2D eigenvalue weighted by molar-refractivity contribution is 4.92. The van der Waals surface area contributed by atoms with Crippen LogP contribution in [0.3, 0.4) is 0 Å². The van der Waals surface area contributed by atoms with Gasteiger partial charge in [0.2, 0.25) is 6.43 Å². The maximum atomic E-state index is 12.3. The molecule has 0 amide bonds. The summed E-state index contributed by atoms with van der Waals surface area (Å²) in [6.07, 6.45) is -0.0840. The summed E-state index contributed by atoms with van der Waals surface area (Å²) in [5.74, 6) is 0. The van der Waals surface area contributed by atoms with Crippen LogP contribution >= 0.6 is 0 Å². The van der Waals surface area contributed by atoms with Gasteiger partial charge in [0.1, 0.15) is 0 Å². The molecule has 0 bridgehead atoms. The molecule has 2 N–H and O–H groups in total. The minimum Gasteiger partial charge on any atom is -0.327 e. The molecule has 10 heavy (non-hydrogen) atoms. The van der Waals surface area contributed by atoms with Crippen LogP contribution in [0.5, 0.6) is 0 Å². The van der Waals surface area contributed by atoms with E-state index in [1.54, 1.807) is 6.92 Å². The molecule has 0 aliphatic heterocycles. The van der Waals surface area contributed by atoms with E-state index in [9.17, 15) is 8.78 Å². The zero-order chi connectivity index (χ0) is 7.78. The van der Waals surface area contributed by atoms with Crippen LogP contribution in [0.25, 0.3) is 0 Å². The van der Waals surface area contributed by atoms with E-state index in [0.717, 1.165) is 12.8 Å². The zero-order valence-electron chi connectivity index (χ0n) is 6.11. The van der Waals surface area contributed by atoms with Crippen LogP contribution in [0, 0.1) is 5.41 Å². The predicted octanol–water partition coefficient (Wildman–Crippen LogP) is 1.77. The van der Waals surface area contributed by atoms with Crippen LogP contribution in [0.1, 0.15) is 26.2 Å². The second-order valence-electron chi connectivity index (χ2n) is 3.31. The number of nitrogens with two attached hydrogens (primary N) is 1. The van der Waals surface area contributed by atoms with Crippen LogP contribution in [0.4, 0.5) is 8.78 Å². The third-order valence-electron chi connectivity index (χ3n) is 2.58. The van der Waals surface area contributed by atoms with Gasteiger partial charge >= 0.3 is 0 Å². The Labute approximate surface area is 59.6 Å². The highest BCUT2D eigenvalue weighted by atomic mass is 19.3. The molecule has 1 fully saturated rings. The van der Waals surface area contributed by atoms with Crippen molar-refractivity contribution in [2.24, 2.45) is 11.1 Å². The Morgan fingerprint density at radius 2 is 2.20 bits per heavy atom. The molecule has 0 aromatic rings. The molecule has 1 saturated carbocycles. The van der Waals surface area contributed by atoms with E-state index < -0.39 is 11.8 Å². The summed E-state index contributed by atoms with van der Waals surface area (Å²) in [7, 11) is 0. The van der Waals surface area contributed by atoms with E-state index in [-0.39, 0.29) is 6.04 Å². The topological polar surface area (TPSA) is 26.0 Å². The number of alkyl halides is 2. The molecule has 0 saturated heterocycles. The summed E-state index contributed by atoms with van der Waals surface area (Å²) >= 11 is 0. The van der Waals surface area contributed by atoms with Gasteiger partial charge in [0, 0.05) is 11.5 Å². The molecule has 0 aromatic carbocycles. The maximum absolute atomic E-state index is 12.3. The summed E-state index contributed by atoms with van der Waals surface area (Å²) in [4.78, 5) is 0. The van der Waals surface area contributed by atoms with Gasteiger partial charge < -0.3 is 5.73 Å². The number of hydrogen-bond donors (Lipinski definition) is 1. The number of halogens is 2. The molecule has 0 spiro atoms. The van der Waals surface area contributed by atoms with Gasteiger partial charge in [-0.15, -0.1) is 0 Å². The molecule has 3 heteroatoms. The molecular formula is C7H13F2N. The zero-order valence-corrected chi connectivity index (χ0v) is 6.11. The maximum Gasteiger partial charge on any atom is 0.245 e. The largest absolute Gasteiger partial charge is 0.327 e. The molecule has 60 valence electrons. The van der Waals surface area contributed by atoms with Crippen molar-refractivity contribution in [1.29, 1.82) is 0 Å². The molecule has 1 rings (SSSR count). The normalized spacial score (nSPS) is 41.1. The lowest BCUT2D eigenvalue weighted by Crippen LogP contribution is -2.40. The fraction of sp³-hybridized carbons (Fsp3) is 1.00. The lowest BCUT2D eigenvalue weighted by atomic mass is 9.86. The Balaban J connectivity index is 2.66.